The van der Waals surface area contributed by atoms with Crippen LogP contribution in [0.15, 0.2) is 23.3 Å². The van der Waals surface area contributed by atoms with Crippen LogP contribution in [0.1, 0.15) is 114 Å². The highest BCUT2D eigenvalue weighted by atomic mass is 19.2. The molecule has 0 heterocycles. The standard InChI is InChI=1S/C28H40F2/c1-3-19-5-7-21(8-6-19)22-9-11-23(12-10-22)24-13-15-25(16-14-24)26-18-17-20(4-2)27(29)28(26)30/h17-19,21-22,25H,3-16H2,1-2H3. The zero-order valence-corrected chi connectivity index (χ0v) is 19.1. The molecule has 3 saturated carbocycles. The van der Waals surface area contributed by atoms with Gasteiger partial charge in [-0.3, -0.25) is 0 Å². The van der Waals surface area contributed by atoms with Crippen LogP contribution < -0.4 is 0 Å². The van der Waals surface area contributed by atoms with E-state index in [1.807, 2.05) is 13.0 Å². The van der Waals surface area contributed by atoms with Crippen molar-refractivity contribution in [2.75, 3.05) is 0 Å². The van der Waals surface area contributed by atoms with Crippen LogP contribution in [-0.4, -0.2) is 0 Å². The Morgan fingerprint density at radius 2 is 1.27 bits per heavy atom. The first-order valence-corrected chi connectivity index (χ1v) is 12.8. The highest BCUT2D eigenvalue weighted by Crippen LogP contribution is 2.45. The van der Waals surface area contributed by atoms with Gasteiger partial charge >= 0.3 is 0 Å². The Morgan fingerprint density at radius 3 is 1.83 bits per heavy atom. The van der Waals surface area contributed by atoms with Gasteiger partial charge in [0.2, 0.25) is 0 Å². The lowest BCUT2D eigenvalue weighted by Crippen LogP contribution is -2.24. The van der Waals surface area contributed by atoms with Crippen LogP contribution in [0.2, 0.25) is 0 Å². The van der Waals surface area contributed by atoms with E-state index >= 15 is 0 Å². The minimum atomic E-state index is -0.620. The second-order valence-electron chi connectivity index (χ2n) is 10.3. The minimum Gasteiger partial charge on any atom is -0.203 e. The van der Waals surface area contributed by atoms with E-state index in [-0.39, 0.29) is 5.92 Å². The number of allylic oxidation sites excluding steroid dienone is 2. The van der Waals surface area contributed by atoms with Crippen LogP contribution in [0.3, 0.4) is 0 Å². The van der Waals surface area contributed by atoms with Crippen LogP contribution in [0.5, 0.6) is 0 Å². The molecule has 2 heteroatoms. The van der Waals surface area contributed by atoms with E-state index < -0.39 is 11.6 Å². The maximum Gasteiger partial charge on any atom is 0.162 e. The maximum absolute atomic E-state index is 14.6. The number of hydrogen-bond donors (Lipinski definition) is 0. The fraction of sp³-hybridized carbons (Fsp3) is 0.714. The van der Waals surface area contributed by atoms with Crippen molar-refractivity contribution in [1.29, 1.82) is 0 Å². The molecule has 3 aliphatic rings. The van der Waals surface area contributed by atoms with E-state index in [4.69, 9.17) is 0 Å². The van der Waals surface area contributed by atoms with Gasteiger partial charge in [0.05, 0.1) is 0 Å². The van der Waals surface area contributed by atoms with Crippen molar-refractivity contribution in [3.05, 3.63) is 46.0 Å². The van der Waals surface area contributed by atoms with Crippen LogP contribution >= 0.6 is 0 Å². The fourth-order valence-corrected chi connectivity index (χ4v) is 6.70. The van der Waals surface area contributed by atoms with Crippen molar-refractivity contribution in [3.8, 4) is 0 Å². The van der Waals surface area contributed by atoms with Crippen molar-refractivity contribution in [3.63, 3.8) is 0 Å². The molecular formula is C28H40F2. The Kier molecular flexibility index (Phi) is 7.32. The molecular weight excluding hydrogens is 374 g/mol. The van der Waals surface area contributed by atoms with E-state index in [1.54, 1.807) is 17.2 Å². The van der Waals surface area contributed by atoms with Gasteiger partial charge in [0.15, 0.2) is 11.6 Å². The first-order chi connectivity index (χ1) is 14.6. The average Bonchev–Trinajstić information content (AvgIpc) is 2.81. The Balaban J connectivity index is 1.31. The molecule has 4 rings (SSSR count). The zero-order chi connectivity index (χ0) is 21.1. The molecule has 0 aliphatic heterocycles. The summed E-state index contributed by atoms with van der Waals surface area (Å²) in [6.45, 7) is 4.23. The molecule has 0 N–H and O–H groups in total. The second-order valence-corrected chi connectivity index (χ2v) is 10.3. The van der Waals surface area contributed by atoms with Gasteiger partial charge in [0.25, 0.3) is 0 Å². The van der Waals surface area contributed by atoms with Gasteiger partial charge in [-0.25, -0.2) is 8.78 Å². The number of aryl methyl sites for hydroxylation is 1. The smallest absolute Gasteiger partial charge is 0.162 e. The van der Waals surface area contributed by atoms with Gasteiger partial charge in [0, 0.05) is 0 Å². The third-order valence-electron chi connectivity index (χ3n) is 8.87. The average molecular weight is 415 g/mol. The first kappa shape index (κ1) is 22.0. The van der Waals surface area contributed by atoms with Gasteiger partial charge in [-0.15, -0.1) is 0 Å². The zero-order valence-electron chi connectivity index (χ0n) is 19.1. The summed E-state index contributed by atoms with van der Waals surface area (Å²) in [7, 11) is 0. The minimum absolute atomic E-state index is 0.180. The van der Waals surface area contributed by atoms with Crippen LogP contribution in [0.4, 0.5) is 8.78 Å². The Labute approximate surface area is 182 Å². The molecule has 0 spiro atoms. The highest BCUT2D eigenvalue weighted by Gasteiger charge is 2.31. The van der Waals surface area contributed by atoms with Crippen molar-refractivity contribution < 1.29 is 8.78 Å². The van der Waals surface area contributed by atoms with Gasteiger partial charge in [-0.05, 0) is 105 Å². The van der Waals surface area contributed by atoms with Gasteiger partial charge in [-0.1, -0.05) is 56.4 Å². The summed E-state index contributed by atoms with van der Waals surface area (Å²) in [5.41, 5.74) is 4.49. The predicted octanol–water partition coefficient (Wildman–Crippen LogP) is 8.89. The highest BCUT2D eigenvalue weighted by molar-refractivity contribution is 5.31. The predicted molar refractivity (Wildman–Crippen MR) is 122 cm³/mol. The van der Waals surface area contributed by atoms with E-state index in [9.17, 15) is 8.78 Å². The SMILES string of the molecule is CCc1ccc(C2CCC(=C3CCC(C4CCC(CC)CC4)CC3)CC2)c(F)c1F. The van der Waals surface area contributed by atoms with Crippen molar-refractivity contribution >= 4 is 0 Å². The molecule has 0 radical (unpaired) electrons. The molecule has 3 aliphatic carbocycles. The first-order valence-electron chi connectivity index (χ1n) is 12.8. The molecule has 0 saturated heterocycles. The molecule has 30 heavy (non-hydrogen) atoms. The largest absolute Gasteiger partial charge is 0.203 e. The number of benzene rings is 1. The number of halogens is 2. The van der Waals surface area contributed by atoms with Crippen LogP contribution in [-0.2, 0) is 6.42 Å². The van der Waals surface area contributed by atoms with E-state index in [1.165, 1.54) is 57.8 Å². The molecule has 0 nitrogen and oxygen atoms in total. The lowest BCUT2D eigenvalue weighted by atomic mass is 9.68. The quantitative estimate of drug-likeness (QED) is 0.431. The molecule has 1 aromatic rings. The van der Waals surface area contributed by atoms with Gasteiger partial charge < -0.3 is 0 Å². The molecule has 1 aromatic carbocycles. The summed E-state index contributed by atoms with van der Waals surface area (Å²) in [4.78, 5) is 0. The summed E-state index contributed by atoms with van der Waals surface area (Å²) in [5, 5.41) is 0. The summed E-state index contributed by atoms with van der Waals surface area (Å²) >= 11 is 0. The third-order valence-corrected chi connectivity index (χ3v) is 8.87. The Hall–Kier alpha value is -1.18. The monoisotopic (exact) mass is 414 g/mol. The summed E-state index contributed by atoms with van der Waals surface area (Å²) in [6.07, 6.45) is 17.3. The summed E-state index contributed by atoms with van der Waals surface area (Å²) < 4.78 is 28.8. The molecule has 166 valence electrons. The van der Waals surface area contributed by atoms with Crippen LogP contribution in [0, 0.1) is 29.4 Å². The third kappa shape index (κ3) is 4.68. The van der Waals surface area contributed by atoms with Crippen molar-refractivity contribution in [2.45, 2.75) is 110 Å². The molecule has 0 aromatic heterocycles. The molecule has 0 bridgehead atoms. The van der Waals surface area contributed by atoms with Crippen LogP contribution in [0.25, 0.3) is 0 Å². The molecule has 0 unspecified atom stereocenters. The van der Waals surface area contributed by atoms with Gasteiger partial charge in [0.1, 0.15) is 0 Å². The second kappa shape index (κ2) is 9.96. The summed E-state index contributed by atoms with van der Waals surface area (Å²) in [5.74, 6) is 1.91. The van der Waals surface area contributed by atoms with E-state index in [0.717, 1.165) is 43.4 Å². The van der Waals surface area contributed by atoms with E-state index in [2.05, 4.69) is 6.92 Å². The fourth-order valence-electron chi connectivity index (χ4n) is 6.70. The Morgan fingerprint density at radius 1 is 0.700 bits per heavy atom. The maximum atomic E-state index is 14.6. The topological polar surface area (TPSA) is 0 Å². The van der Waals surface area contributed by atoms with Gasteiger partial charge in [-0.2, -0.15) is 0 Å². The molecule has 3 fully saturated rings. The lowest BCUT2D eigenvalue weighted by molar-refractivity contribution is 0.176. The van der Waals surface area contributed by atoms with E-state index in [0.29, 0.717) is 17.5 Å². The normalized spacial score (nSPS) is 30.5. The molecule has 0 atom stereocenters. The number of rotatable bonds is 4. The van der Waals surface area contributed by atoms with Crippen molar-refractivity contribution in [2.24, 2.45) is 17.8 Å². The number of hydrogen-bond acceptors (Lipinski definition) is 0. The molecule has 0 amide bonds. The van der Waals surface area contributed by atoms with Crippen molar-refractivity contribution in [1.82, 2.24) is 0 Å². The lowest BCUT2D eigenvalue weighted by Gasteiger charge is -2.37. The Bertz CT molecular complexity index is 734. The summed E-state index contributed by atoms with van der Waals surface area (Å²) in [6, 6.07) is 3.63.